The van der Waals surface area contributed by atoms with Crippen LogP contribution in [0.2, 0.25) is 0 Å². The van der Waals surface area contributed by atoms with Crippen LogP contribution in [0.1, 0.15) is 45.3 Å². The van der Waals surface area contributed by atoms with Crippen molar-refractivity contribution in [2.24, 2.45) is 11.7 Å². The fourth-order valence-corrected chi connectivity index (χ4v) is 2.56. The van der Waals surface area contributed by atoms with Gasteiger partial charge in [0.15, 0.2) is 0 Å². The Morgan fingerprint density at radius 2 is 2.28 bits per heavy atom. The van der Waals surface area contributed by atoms with Gasteiger partial charge in [-0.3, -0.25) is 9.58 Å². The molecule has 18 heavy (non-hydrogen) atoms. The highest BCUT2D eigenvalue weighted by molar-refractivity contribution is 5.00. The van der Waals surface area contributed by atoms with E-state index < -0.39 is 0 Å². The summed E-state index contributed by atoms with van der Waals surface area (Å²) in [4.78, 5) is 2.47. The Morgan fingerprint density at radius 1 is 1.50 bits per heavy atom. The normalized spacial score (nSPS) is 24.3. The second kappa shape index (κ2) is 5.85. The zero-order chi connectivity index (χ0) is 13.1. The van der Waals surface area contributed by atoms with Crippen LogP contribution < -0.4 is 5.73 Å². The van der Waals surface area contributed by atoms with Crippen molar-refractivity contribution < 1.29 is 0 Å². The summed E-state index contributed by atoms with van der Waals surface area (Å²) < 4.78 is 2.08. The molecule has 1 aromatic rings. The van der Waals surface area contributed by atoms with Gasteiger partial charge in [0.25, 0.3) is 0 Å². The minimum atomic E-state index is 0.313. The van der Waals surface area contributed by atoms with Crippen molar-refractivity contribution in [3.63, 3.8) is 0 Å². The van der Waals surface area contributed by atoms with Crippen molar-refractivity contribution in [1.82, 2.24) is 14.7 Å². The predicted molar refractivity (Wildman–Crippen MR) is 74.3 cm³/mol. The molecule has 2 N–H and O–H groups in total. The molecule has 3 atom stereocenters. The summed E-state index contributed by atoms with van der Waals surface area (Å²) in [6.07, 6.45) is 4.45. The Labute approximate surface area is 110 Å². The van der Waals surface area contributed by atoms with Gasteiger partial charge in [-0.2, -0.15) is 5.10 Å². The Balaban J connectivity index is 1.89. The molecule has 1 fully saturated rings. The predicted octanol–water partition coefficient (Wildman–Crippen LogP) is 2.02. The van der Waals surface area contributed by atoms with Crippen LogP contribution in [0.5, 0.6) is 0 Å². The zero-order valence-corrected chi connectivity index (χ0v) is 11.8. The van der Waals surface area contributed by atoms with Crippen LogP contribution in [0, 0.1) is 5.92 Å². The maximum absolute atomic E-state index is 5.97. The smallest absolute Gasteiger partial charge is 0.0764 e. The van der Waals surface area contributed by atoms with Gasteiger partial charge in [0.1, 0.15) is 0 Å². The van der Waals surface area contributed by atoms with E-state index in [-0.39, 0.29) is 0 Å². The topological polar surface area (TPSA) is 47.1 Å². The quantitative estimate of drug-likeness (QED) is 0.869. The van der Waals surface area contributed by atoms with E-state index in [0.29, 0.717) is 18.0 Å². The number of nitrogens with zero attached hydrogens (tertiary/aromatic N) is 3. The molecule has 2 heterocycles. The Morgan fingerprint density at radius 3 is 2.89 bits per heavy atom. The second-order valence-corrected chi connectivity index (χ2v) is 5.69. The van der Waals surface area contributed by atoms with Crippen molar-refractivity contribution in [3.05, 3.63) is 18.0 Å². The highest BCUT2D eigenvalue weighted by atomic mass is 15.3. The maximum Gasteiger partial charge on any atom is 0.0764 e. The summed E-state index contributed by atoms with van der Waals surface area (Å²) in [6, 6.07) is 2.95. The van der Waals surface area contributed by atoms with E-state index in [1.165, 1.54) is 12.1 Å². The molecular formula is C14H26N4. The first-order chi connectivity index (χ1) is 8.60. The van der Waals surface area contributed by atoms with Gasteiger partial charge < -0.3 is 5.73 Å². The molecule has 1 aromatic heterocycles. The molecule has 0 spiro atoms. The minimum absolute atomic E-state index is 0.313. The van der Waals surface area contributed by atoms with Gasteiger partial charge in [0, 0.05) is 31.4 Å². The van der Waals surface area contributed by atoms with E-state index >= 15 is 0 Å². The van der Waals surface area contributed by atoms with Crippen LogP contribution in [-0.2, 0) is 6.54 Å². The van der Waals surface area contributed by atoms with Gasteiger partial charge in [-0.15, -0.1) is 0 Å². The van der Waals surface area contributed by atoms with Gasteiger partial charge in [0.05, 0.1) is 5.69 Å². The Hall–Kier alpha value is -0.870. The van der Waals surface area contributed by atoms with Crippen molar-refractivity contribution in [2.45, 2.75) is 52.2 Å². The van der Waals surface area contributed by atoms with E-state index in [1.807, 2.05) is 0 Å². The lowest BCUT2D eigenvalue weighted by Crippen LogP contribution is -2.29. The molecule has 4 nitrogen and oxygen atoms in total. The van der Waals surface area contributed by atoms with Crippen LogP contribution in [0.4, 0.5) is 0 Å². The summed E-state index contributed by atoms with van der Waals surface area (Å²) in [6.45, 7) is 9.76. The third-order valence-electron chi connectivity index (χ3n) is 4.14. The number of likely N-dealkylation sites (tertiary alicyclic amines) is 1. The fourth-order valence-electron chi connectivity index (χ4n) is 2.56. The number of rotatable bonds is 5. The molecular weight excluding hydrogens is 224 g/mol. The molecule has 4 heteroatoms. The highest BCUT2D eigenvalue weighted by Crippen LogP contribution is 2.20. The molecule has 1 saturated heterocycles. The van der Waals surface area contributed by atoms with E-state index in [0.717, 1.165) is 26.1 Å². The lowest BCUT2D eigenvalue weighted by atomic mass is 10.0. The van der Waals surface area contributed by atoms with Crippen molar-refractivity contribution in [2.75, 3.05) is 13.1 Å². The van der Waals surface area contributed by atoms with Crippen molar-refractivity contribution in [3.8, 4) is 0 Å². The van der Waals surface area contributed by atoms with Crippen LogP contribution in [0.15, 0.2) is 12.3 Å². The number of aromatic nitrogens is 2. The van der Waals surface area contributed by atoms with Crippen LogP contribution >= 0.6 is 0 Å². The molecule has 0 saturated carbocycles. The van der Waals surface area contributed by atoms with E-state index in [9.17, 15) is 0 Å². The average molecular weight is 250 g/mol. The molecule has 0 aromatic carbocycles. The third-order valence-corrected chi connectivity index (χ3v) is 4.14. The number of hydrogen-bond acceptors (Lipinski definition) is 3. The summed E-state index contributed by atoms with van der Waals surface area (Å²) in [5, 5.41) is 4.66. The van der Waals surface area contributed by atoms with E-state index in [4.69, 9.17) is 5.73 Å². The van der Waals surface area contributed by atoms with Gasteiger partial charge in [0.2, 0.25) is 0 Å². The molecule has 102 valence electrons. The van der Waals surface area contributed by atoms with Gasteiger partial charge in [-0.25, -0.2) is 0 Å². The Bertz CT molecular complexity index is 372. The summed E-state index contributed by atoms with van der Waals surface area (Å²) in [5.41, 5.74) is 7.15. The van der Waals surface area contributed by atoms with Gasteiger partial charge in [-0.05, 0) is 45.2 Å². The van der Waals surface area contributed by atoms with Crippen LogP contribution in [0.3, 0.4) is 0 Å². The standard InChI is InChI=1S/C14H26N4/c1-4-11(2)18-8-6-14(16-18)10-17-7-5-13(9-17)12(3)15/h6,8,11-13H,4-5,7,9-10,15H2,1-3H3. The fraction of sp³-hybridized carbons (Fsp3) is 0.786. The maximum atomic E-state index is 5.97. The first-order valence-corrected chi connectivity index (χ1v) is 7.12. The third kappa shape index (κ3) is 3.12. The largest absolute Gasteiger partial charge is 0.328 e. The Kier molecular flexibility index (Phi) is 4.40. The molecule has 1 aliphatic heterocycles. The zero-order valence-electron chi connectivity index (χ0n) is 11.8. The molecule has 1 aliphatic rings. The summed E-state index contributed by atoms with van der Waals surface area (Å²) in [5.74, 6) is 0.654. The monoisotopic (exact) mass is 250 g/mol. The molecule has 3 unspecified atom stereocenters. The molecule has 0 aliphatic carbocycles. The molecule has 0 radical (unpaired) electrons. The number of nitrogens with two attached hydrogens (primary N) is 1. The van der Waals surface area contributed by atoms with Gasteiger partial charge in [-0.1, -0.05) is 6.92 Å². The second-order valence-electron chi connectivity index (χ2n) is 5.69. The van der Waals surface area contributed by atoms with Crippen molar-refractivity contribution >= 4 is 0 Å². The molecule has 0 bridgehead atoms. The highest BCUT2D eigenvalue weighted by Gasteiger charge is 2.25. The van der Waals surface area contributed by atoms with Crippen LogP contribution in [0.25, 0.3) is 0 Å². The number of hydrogen-bond donors (Lipinski definition) is 1. The SMILES string of the molecule is CCC(C)n1ccc(CN2CCC(C(C)N)C2)n1. The van der Waals surface area contributed by atoms with Crippen LogP contribution in [-0.4, -0.2) is 33.8 Å². The summed E-state index contributed by atoms with van der Waals surface area (Å²) >= 11 is 0. The summed E-state index contributed by atoms with van der Waals surface area (Å²) in [7, 11) is 0. The average Bonchev–Trinajstić information content (AvgIpc) is 2.98. The minimum Gasteiger partial charge on any atom is -0.328 e. The lowest BCUT2D eigenvalue weighted by Gasteiger charge is -2.16. The lowest BCUT2D eigenvalue weighted by molar-refractivity contribution is 0.302. The first-order valence-electron chi connectivity index (χ1n) is 7.12. The molecule has 0 amide bonds. The first kappa shape index (κ1) is 13.6. The molecule has 2 rings (SSSR count). The van der Waals surface area contributed by atoms with E-state index in [2.05, 4.69) is 47.7 Å². The van der Waals surface area contributed by atoms with Crippen molar-refractivity contribution in [1.29, 1.82) is 0 Å². The van der Waals surface area contributed by atoms with E-state index in [1.54, 1.807) is 0 Å². The van der Waals surface area contributed by atoms with Gasteiger partial charge >= 0.3 is 0 Å².